The first-order chi connectivity index (χ1) is 10.1. The van der Waals surface area contributed by atoms with Crippen molar-refractivity contribution in [3.63, 3.8) is 0 Å². The third kappa shape index (κ3) is 4.17. The average Bonchev–Trinajstić information content (AvgIpc) is 3.00. The molecule has 6 nitrogen and oxygen atoms in total. The lowest BCUT2D eigenvalue weighted by Crippen LogP contribution is -2.27. The molecule has 0 atom stereocenters. The van der Waals surface area contributed by atoms with Gasteiger partial charge in [-0.15, -0.1) is 0 Å². The monoisotopic (exact) mass is 286 g/mol. The molecule has 2 aromatic rings. The topological polar surface area (TPSA) is 76.0 Å². The number of amides is 2. The van der Waals surface area contributed by atoms with Gasteiger partial charge in [0.15, 0.2) is 0 Å². The van der Waals surface area contributed by atoms with Gasteiger partial charge < -0.3 is 10.6 Å². The lowest BCUT2D eigenvalue weighted by atomic mass is 10.1. The summed E-state index contributed by atoms with van der Waals surface area (Å²) < 4.78 is 1.37. The van der Waals surface area contributed by atoms with E-state index in [1.807, 2.05) is 38.1 Å². The molecule has 0 saturated carbocycles. The Balaban J connectivity index is 1.88. The number of hydrogen-bond donors (Lipinski definition) is 2. The molecule has 0 spiro atoms. The summed E-state index contributed by atoms with van der Waals surface area (Å²) in [7, 11) is 0. The van der Waals surface area contributed by atoms with Gasteiger partial charge in [-0.2, -0.15) is 0 Å². The SMILES string of the molecule is CC(C)C(=O)Nc1ccc(CNC(=O)n2ccnc2)cc1. The van der Waals surface area contributed by atoms with E-state index in [9.17, 15) is 9.59 Å². The van der Waals surface area contributed by atoms with Crippen molar-refractivity contribution in [3.8, 4) is 0 Å². The summed E-state index contributed by atoms with van der Waals surface area (Å²) in [5, 5.41) is 5.59. The molecule has 1 aromatic carbocycles. The van der Waals surface area contributed by atoms with Crippen LogP contribution in [0.4, 0.5) is 10.5 Å². The summed E-state index contributed by atoms with van der Waals surface area (Å²) in [4.78, 5) is 27.1. The second kappa shape index (κ2) is 6.69. The van der Waals surface area contributed by atoms with Gasteiger partial charge in [-0.25, -0.2) is 9.78 Å². The molecule has 0 radical (unpaired) electrons. The van der Waals surface area contributed by atoms with Crippen LogP contribution < -0.4 is 10.6 Å². The fraction of sp³-hybridized carbons (Fsp3) is 0.267. The number of nitrogens with zero attached hydrogens (tertiary/aromatic N) is 2. The van der Waals surface area contributed by atoms with E-state index in [1.54, 1.807) is 12.4 Å². The Hall–Kier alpha value is -2.63. The largest absolute Gasteiger partial charge is 0.333 e. The van der Waals surface area contributed by atoms with Gasteiger partial charge >= 0.3 is 6.03 Å². The summed E-state index contributed by atoms with van der Waals surface area (Å²) in [6.07, 6.45) is 4.57. The van der Waals surface area contributed by atoms with Crippen molar-refractivity contribution in [2.24, 2.45) is 5.92 Å². The number of anilines is 1. The molecule has 0 saturated heterocycles. The molecule has 110 valence electrons. The van der Waals surface area contributed by atoms with Gasteiger partial charge in [0.25, 0.3) is 0 Å². The first-order valence-electron chi connectivity index (χ1n) is 6.72. The average molecular weight is 286 g/mol. The Morgan fingerprint density at radius 3 is 2.52 bits per heavy atom. The second-order valence-electron chi connectivity index (χ2n) is 4.97. The summed E-state index contributed by atoms with van der Waals surface area (Å²) in [5.74, 6) is -0.0738. The Labute approximate surface area is 123 Å². The van der Waals surface area contributed by atoms with Gasteiger partial charge in [-0.1, -0.05) is 26.0 Å². The zero-order valence-corrected chi connectivity index (χ0v) is 12.0. The molecule has 6 heteroatoms. The molecular formula is C15H18N4O2. The first-order valence-corrected chi connectivity index (χ1v) is 6.72. The van der Waals surface area contributed by atoms with Gasteiger partial charge in [0.1, 0.15) is 6.33 Å². The number of aromatic nitrogens is 2. The highest BCUT2D eigenvalue weighted by Crippen LogP contribution is 2.11. The number of rotatable bonds is 4. The smallest absolute Gasteiger partial charge is 0.327 e. The van der Waals surface area contributed by atoms with E-state index in [0.29, 0.717) is 6.54 Å². The molecule has 0 aliphatic heterocycles. The lowest BCUT2D eigenvalue weighted by molar-refractivity contribution is -0.118. The van der Waals surface area contributed by atoms with Crippen molar-refractivity contribution in [1.82, 2.24) is 14.9 Å². The molecular weight excluding hydrogens is 268 g/mol. The molecule has 1 aromatic heterocycles. The number of nitrogens with one attached hydrogen (secondary N) is 2. The number of hydrogen-bond acceptors (Lipinski definition) is 3. The van der Waals surface area contributed by atoms with Crippen molar-refractivity contribution in [2.45, 2.75) is 20.4 Å². The minimum Gasteiger partial charge on any atom is -0.333 e. The maximum Gasteiger partial charge on any atom is 0.327 e. The Morgan fingerprint density at radius 1 is 1.24 bits per heavy atom. The van der Waals surface area contributed by atoms with Crippen molar-refractivity contribution in [2.75, 3.05) is 5.32 Å². The van der Waals surface area contributed by atoms with Crippen LogP contribution in [0, 0.1) is 5.92 Å². The van der Waals surface area contributed by atoms with Crippen molar-refractivity contribution < 1.29 is 9.59 Å². The predicted molar refractivity (Wildman–Crippen MR) is 79.8 cm³/mol. The minimum absolute atomic E-state index is 0.0174. The highest BCUT2D eigenvalue weighted by atomic mass is 16.2. The van der Waals surface area contributed by atoms with Crippen LogP contribution in [0.25, 0.3) is 0 Å². The molecule has 0 fully saturated rings. The Kier molecular flexibility index (Phi) is 4.71. The fourth-order valence-electron chi connectivity index (χ4n) is 1.64. The quantitative estimate of drug-likeness (QED) is 0.905. The number of carbonyl (C=O) groups excluding carboxylic acids is 2. The second-order valence-corrected chi connectivity index (χ2v) is 4.97. The van der Waals surface area contributed by atoms with Crippen LogP contribution >= 0.6 is 0 Å². The standard InChI is InChI=1S/C15H18N4O2/c1-11(2)14(20)18-13-5-3-12(4-6-13)9-17-15(21)19-8-7-16-10-19/h3-8,10-11H,9H2,1-2H3,(H,17,21)(H,18,20). The van der Waals surface area contributed by atoms with Crippen LogP contribution in [0.15, 0.2) is 43.0 Å². The molecule has 0 aliphatic rings. The van der Waals surface area contributed by atoms with Crippen LogP contribution in [0.3, 0.4) is 0 Å². The number of imidazole rings is 1. The van der Waals surface area contributed by atoms with E-state index in [0.717, 1.165) is 11.3 Å². The van der Waals surface area contributed by atoms with Gasteiger partial charge in [0, 0.05) is 30.5 Å². The van der Waals surface area contributed by atoms with Crippen molar-refractivity contribution >= 4 is 17.6 Å². The van der Waals surface area contributed by atoms with Crippen LogP contribution in [0.1, 0.15) is 19.4 Å². The third-order valence-electron chi connectivity index (χ3n) is 2.93. The van der Waals surface area contributed by atoms with Gasteiger partial charge in [-0.3, -0.25) is 9.36 Å². The molecule has 2 N–H and O–H groups in total. The third-order valence-corrected chi connectivity index (χ3v) is 2.93. The molecule has 2 rings (SSSR count). The molecule has 21 heavy (non-hydrogen) atoms. The van der Waals surface area contributed by atoms with Crippen LogP contribution in [0.2, 0.25) is 0 Å². The van der Waals surface area contributed by atoms with Crippen molar-refractivity contribution in [1.29, 1.82) is 0 Å². The molecule has 1 heterocycles. The molecule has 2 amide bonds. The fourth-order valence-corrected chi connectivity index (χ4v) is 1.64. The van der Waals surface area contributed by atoms with Gasteiger partial charge in [-0.05, 0) is 17.7 Å². The van der Waals surface area contributed by atoms with Crippen LogP contribution in [0.5, 0.6) is 0 Å². The van der Waals surface area contributed by atoms with E-state index < -0.39 is 0 Å². The van der Waals surface area contributed by atoms with E-state index in [2.05, 4.69) is 15.6 Å². The Bertz CT molecular complexity index is 603. The molecule has 0 unspecified atom stereocenters. The molecule has 0 bridgehead atoms. The first kappa shape index (κ1) is 14.8. The predicted octanol–water partition coefficient (Wildman–Crippen LogP) is 2.24. The zero-order valence-electron chi connectivity index (χ0n) is 12.0. The van der Waals surface area contributed by atoms with Crippen molar-refractivity contribution in [3.05, 3.63) is 48.5 Å². The van der Waals surface area contributed by atoms with E-state index in [4.69, 9.17) is 0 Å². The van der Waals surface area contributed by atoms with Crippen LogP contribution in [-0.2, 0) is 11.3 Å². The maximum atomic E-state index is 11.7. The highest BCUT2D eigenvalue weighted by Gasteiger charge is 2.07. The Morgan fingerprint density at radius 2 is 1.95 bits per heavy atom. The summed E-state index contributed by atoms with van der Waals surface area (Å²) in [5.41, 5.74) is 1.70. The number of carbonyl (C=O) groups is 2. The summed E-state index contributed by atoms with van der Waals surface area (Å²) in [6.45, 7) is 4.10. The van der Waals surface area contributed by atoms with E-state index in [1.165, 1.54) is 10.9 Å². The minimum atomic E-state index is -0.232. The summed E-state index contributed by atoms with van der Waals surface area (Å²) in [6, 6.07) is 7.14. The summed E-state index contributed by atoms with van der Waals surface area (Å²) >= 11 is 0. The van der Waals surface area contributed by atoms with Crippen LogP contribution in [-0.4, -0.2) is 21.5 Å². The van der Waals surface area contributed by atoms with E-state index >= 15 is 0 Å². The maximum absolute atomic E-state index is 11.7. The van der Waals surface area contributed by atoms with E-state index in [-0.39, 0.29) is 17.9 Å². The highest BCUT2D eigenvalue weighted by molar-refractivity contribution is 5.92. The lowest BCUT2D eigenvalue weighted by Gasteiger charge is -2.09. The zero-order chi connectivity index (χ0) is 15.2. The normalized spacial score (nSPS) is 10.4. The number of benzene rings is 1. The van der Waals surface area contributed by atoms with Gasteiger partial charge in [0.2, 0.25) is 5.91 Å². The molecule has 0 aliphatic carbocycles. The van der Waals surface area contributed by atoms with Gasteiger partial charge in [0.05, 0.1) is 0 Å².